The summed E-state index contributed by atoms with van der Waals surface area (Å²) in [6, 6.07) is 7.57. The number of halogens is 1. The van der Waals surface area contributed by atoms with Gasteiger partial charge < -0.3 is 10.8 Å². The van der Waals surface area contributed by atoms with Crippen molar-refractivity contribution in [2.24, 2.45) is 23.0 Å². The largest absolute Gasteiger partial charge is 0.388 e. The highest BCUT2D eigenvalue weighted by Gasteiger charge is 2.41. The van der Waals surface area contributed by atoms with Crippen molar-refractivity contribution in [3.63, 3.8) is 0 Å². The molecule has 112 valence electrons. The molecule has 2 rings (SSSR count). The summed E-state index contributed by atoms with van der Waals surface area (Å²) in [7, 11) is 0. The van der Waals surface area contributed by atoms with E-state index in [0.29, 0.717) is 17.5 Å². The molecule has 0 aliphatic heterocycles. The lowest BCUT2D eigenvalue weighted by molar-refractivity contribution is -0.0147. The Balaban J connectivity index is 2.18. The van der Waals surface area contributed by atoms with Crippen molar-refractivity contribution in [1.82, 2.24) is 0 Å². The van der Waals surface area contributed by atoms with Crippen LogP contribution in [0.2, 0.25) is 5.02 Å². The maximum absolute atomic E-state index is 10.8. The zero-order valence-electron chi connectivity index (χ0n) is 12.5. The monoisotopic (exact) mass is 295 g/mol. The molecule has 1 aromatic carbocycles. The normalized spacial score (nSPS) is 28.6. The summed E-state index contributed by atoms with van der Waals surface area (Å²) in [6.45, 7) is 5.08. The average molecular weight is 296 g/mol. The summed E-state index contributed by atoms with van der Waals surface area (Å²) in [5.74, 6) is 1.47. The van der Waals surface area contributed by atoms with Gasteiger partial charge in [-0.2, -0.15) is 0 Å². The Bertz CT molecular complexity index is 438. The van der Waals surface area contributed by atoms with Crippen LogP contribution in [-0.4, -0.2) is 11.7 Å². The van der Waals surface area contributed by atoms with Gasteiger partial charge in [-0.25, -0.2) is 0 Å². The minimum absolute atomic E-state index is 0.212. The number of benzene rings is 1. The summed E-state index contributed by atoms with van der Waals surface area (Å²) >= 11 is 6.24. The molecule has 1 aromatic rings. The molecule has 1 saturated carbocycles. The van der Waals surface area contributed by atoms with E-state index in [9.17, 15) is 5.11 Å². The SMILES string of the molecule is CC(C)C1CCC(CN)(C(O)c2ccccc2Cl)CC1. The number of aliphatic hydroxyl groups excluding tert-OH is 1. The highest BCUT2D eigenvalue weighted by atomic mass is 35.5. The van der Waals surface area contributed by atoms with Crippen LogP contribution in [0.3, 0.4) is 0 Å². The fraction of sp³-hybridized carbons (Fsp3) is 0.647. The molecule has 1 atom stereocenters. The van der Waals surface area contributed by atoms with Gasteiger partial charge in [0.05, 0.1) is 6.10 Å². The van der Waals surface area contributed by atoms with Crippen molar-refractivity contribution in [3.8, 4) is 0 Å². The fourth-order valence-corrected chi connectivity index (χ4v) is 3.74. The molecule has 3 N–H and O–H groups in total. The van der Waals surface area contributed by atoms with Gasteiger partial charge in [-0.1, -0.05) is 43.6 Å². The lowest BCUT2D eigenvalue weighted by Crippen LogP contribution is -2.41. The molecule has 2 nitrogen and oxygen atoms in total. The van der Waals surface area contributed by atoms with Crippen molar-refractivity contribution >= 4 is 11.6 Å². The Hall–Kier alpha value is -0.570. The number of aliphatic hydroxyl groups is 1. The van der Waals surface area contributed by atoms with Gasteiger partial charge >= 0.3 is 0 Å². The Morgan fingerprint density at radius 3 is 2.40 bits per heavy atom. The molecule has 0 aromatic heterocycles. The lowest BCUT2D eigenvalue weighted by Gasteiger charge is -2.44. The number of rotatable bonds is 4. The van der Waals surface area contributed by atoms with Crippen LogP contribution in [0, 0.1) is 17.3 Å². The second kappa shape index (κ2) is 6.46. The van der Waals surface area contributed by atoms with E-state index in [1.807, 2.05) is 24.3 Å². The molecule has 20 heavy (non-hydrogen) atoms. The molecule has 0 heterocycles. The molecule has 1 aliphatic rings. The molecule has 0 spiro atoms. The lowest BCUT2D eigenvalue weighted by atomic mass is 9.64. The fourth-order valence-electron chi connectivity index (χ4n) is 3.50. The summed E-state index contributed by atoms with van der Waals surface area (Å²) in [5.41, 5.74) is 6.65. The van der Waals surface area contributed by atoms with Crippen molar-refractivity contribution in [3.05, 3.63) is 34.9 Å². The third-order valence-corrected chi connectivity index (χ3v) is 5.50. The standard InChI is InChI=1S/C17H26ClNO/c1-12(2)13-7-9-17(11-19,10-8-13)16(20)14-5-3-4-6-15(14)18/h3-6,12-13,16,20H,7-11,19H2,1-2H3. The first kappa shape index (κ1) is 15.8. The smallest absolute Gasteiger partial charge is 0.0872 e. The Morgan fingerprint density at radius 2 is 1.90 bits per heavy atom. The van der Waals surface area contributed by atoms with E-state index in [4.69, 9.17) is 17.3 Å². The Morgan fingerprint density at radius 1 is 1.30 bits per heavy atom. The average Bonchev–Trinajstić information content (AvgIpc) is 2.47. The minimum atomic E-state index is -0.561. The first-order valence-corrected chi connectivity index (χ1v) is 8.00. The van der Waals surface area contributed by atoms with E-state index in [1.54, 1.807) is 0 Å². The molecule has 1 unspecified atom stereocenters. The molecule has 0 saturated heterocycles. The van der Waals surface area contributed by atoms with E-state index in [2.05, 4.69) is 13.8 Å². The molecular weight excluding hydrogens is 270 g/mol. The Kier molecular flexibility index (Phi) is 5.11. The van der Waals surface area contributed by atoms with Crippen LogP contribution >= 0.6 is 11.6 Å². The quantitative estimate of drug-likeness (QED) is 0.876. The van der Waals surface area contributed by atoms with Crippen LogP contribution in [0.25, 0.3) is 0 Å². The predicted molar refractivity (Wildman–Crippen MR) is 84.7 cm³/mol. The third kappa shape index (κ3) is 3.03. The van der Waals surface area contributed by atoms with Gasteiger partial charge in [0.2, 0.25) is 0 Å². The van der Waals surface area contributed by atoms with Gasteiger partial charge in [0, 0.05) is 17.0 Å². The summed E-state index contributed by atoms with van der Waals surface area (Å²) in [6.07, 6.45) is 3.71. The van der Waals surface area contributed by atoms with Crippen LogP contribution in [0.1, 0.15) is 51.2 Å². The third-order valence-electron chi connectivity index (χ3n) is 5.16. The zero-order valence-corrected chi connectivity index (χ0v) is 13.2. The van der Waals surface area contributed by atoms with Crippen LogP contribution in [-0.2, 0) is 0 Å². The van der Waals surface area contributed by atoms with E-state index in [-0.39, 0.29) is 5.41 Å². The molecule has 1 aliphatic carbocycles. The second-order valence-corrected chi connectivity index (χ2v) is 6.98. The highest BCUT2D eigenvalue weighted by molar-refractivity contribution is 6.31. The highest BCUT2D eigenvalue weighted by Crippen LogP contribution is 2.49. The Labute approximate surface area is 127 Å². The van der Waals surface area contributed by atoms with E-state index in [0.717, 1.165) is 37.2 Å². The topological polar surface area (TPSA) is 46.2 Å². The molecular formula is C17H26ClNO. The van der Waals surface area contributed by atoms with E-state index >= 15 is 0 Å². The van der Waals surface area contributed by atoms with Crippen molar-refractivity contribution in [1.29, 1.82) is 0 Å². The maximum Gasteiger partial charge on any atom is 0.0872 e. The second-order valence-electron chi connectivity index (χ2n) is 6.57. The van der Waals surface area contributed by atoms with Gasteiger partial charge in [0.25, 0.3) is 0 Å². The maximum atomic E-state index is 10.8. The summed E-state index contributed by atoms with van der Waals surface area (Å²) in [5, 5.41) is 11.5. The van der Waals surface area contributed by atoms with Gasteiger partial charge in [0.15, 0.2) is 0 Å². The van der Waals surface area contributed by atoms with E-state index < -0.39 is 6.10 Å². The first-order valence-electron chi connectivity index (χ1n) is 7.63. The van der Waals surface area contributed by atoms with Gasteiger partial charge in [-0.3, -0.25) is 0 Å². The van der Waals surface area contributed by atoms with E-state index in [1.165, 1.54) is 0 Å². The summed E-state index contributed by atoms with van der Waals surface area (Å²) in [4.78, 5) is 0. The van der Waals surface area contributed by atoms with Gasteiger partial charge in [0.1, 0.15) is 0 Å². The first-order chi connectivity index (χ1) is 9.50. The zero-order chi connectivity index (χ0) is 14.8. The number of hydrogen-bond acceptors (Lipinski definition) is 2. The van der Waals surface area contributed by atoms with Crippen molar-refractivity contribution in [2.45, 2.75) is 45.6 Å². The molecule has 0 bridgehead atoms. The molecule has 0 radical (unpaired) electrons. The van der Waals surface area contributed by atoms with Crippen LogP contribution in [0.5, 0.6) is 0 Å². The van der Waals surface area contributed by atoms with Crippen molar-refractivity contribution in [2.75, 3.05) is 6.54 Å². The number of nitrogens with two attached hydrogens (primary N) is 1. The predicted octanol–water partition coefficient (Wildman–Crippen LogP) is 4.16. The van der Waals surface area contributed by atoms with Crippen LogP contribution < -0.4 is 5.73 Å². The summed E-state index contributed by atoms with van der Waals surface area (Å²) < 4.78 is 0. The van der Waals surface area contributed by atoms with Crippen LogP contribution in [0.15, 0.2) is 24.3 Å². The number of hydrogen-bond donors (Lipinski definition) is 2. The molecule has 3 heteroatoms. The molecule has 0 amide bonds. The van der Waals surface area contributed by atoms with Gasteiger partial charge in [-0.15, -0.1) is 0 Å². The molecule has 1 fully saturated rings. The van der Waals surface area contributed by atoms with Crippen molar-refractivity contribution < 1.29 is 5.11 Å². The van der Waals surface area contributed by atoms with Crippen LogP contribution in [0.4, 0.5) is 0 Å². The van der Waals surface area contributed by atoms with Gasteiger partial charge in [-0.05, 0) is 49.1 Å². The minimum Gasteiger partial charge on any atom is -0.388 e.